The van der Waals surface area contributed by atoms with E-state index in [1.165, 1.54) is 11.3 Å². The van der Waals surface area contributed by atoms with Gasteiger partial charge in [-0.2, -0.15) is 0 Å². The Hall–Kier alpha value is -1.99. The zero-order valence-corrected chi connectivity index (χ0v) is 16.4. The molecule has 1 aromatic carbocycles. The second-order valence-electron chi connectivity index (χ2n) is 6.12. The smallest absolute Gasteiger partial charge is 0.260 e. The number of aromatic nitrogens is 2. The minimum absolute atomic E-state index is 0.0402. The molecule has 4 rings (SSSR count). The van der Waals surface area contributed by atoms with Crippen LogP contribution in [0, 0.1) is 0 Å². The first-order chi connectivity index (χ1) is 12.6. The van der Waals surface area contributed by atoms with Crippen molar-refractivity contribution >= 4 is 44.5 Å². The molecule has 4 aromatic rings. The monoisotopic (exact) mass is 402 g/mol. The Morgan fingerprint density at radius 1 is 1.27 bits per heavy atom. The Balaban J connectivity index is 1.60. The zero-order chi connectivity index (χ0) is 18.1. The lowest BCUT2D eigenvalue weighted by Gasteiger charge is -2.10. The fourth-order valence-electron chi connectivity index (χ4n) is 2.88. The lowest BCUT2D eigenvalue weighted by molar-refractivity contribution is -0.709. The van der Waals surface area contributed by atoms with Crippen LogP contribution in [0.1, 0.15) is 24.4 Å². The largest absolute Gasteiger partial charge is 0.334 e. The van der Waals surface area contributed by atoms with E-state index in [0.29, 0.717) is 11.2 Å². The number of quaternary nitrogens is 1. The number of nitrogens with two attached hydrogens (primary N) is 1. The summed E-state index contributed by atoms with van der Waals surface area (Å²) in [4.78, 5) is 22.2. The van der Waals surface area contributed by atoms with Crippen molar-refractivity contribution in [2.45, 2.75) is 19.5 Å². The fraction of sp³-hybridized carbons (Fsp3) is 0.158. The zero-order valence-electron chi connectivity index (χ0n) is 14.0. The molecular formula is C19H17ClN3OS2+. The van der Waals surface area contributed by atoms with Crippen molar-refractivity contribution in [2.24, 2.45) is 0 Å². The van der Waals surface area contributed by atoms with Crippen LogP contribution in [0.5, 0.6) is 0 Å². The summed E-state index contributed by atoms with van der Waals surface area (Å²) in [5, 5.41) is 7.59. The standard InChI is InChI=1S/C19H16ClN3OS2/c1-11(21-9-12-4-2-5-13(20)8-12)17-22-18(24)16-14(10-26-19(16)23-17)15-6-3-7-25-15/h2-8,10-11,21H,9H2,1H3,(H,22,23,24)/p+1/t11-/m1/s1. The Labute approximate surface area is 163 Å². The first-order valence-electron chi connectivity index (χ1n) is 8.25. The van der Waals surface area contributed by atoms with E-state index in [-0.39, 0.29) is 11.6 Å². The molecule has 0 unspecified atom stereocenters. The molecule has 0 aliphatic heterocycles. The summed E-state index contributed by atoms with van der Waals surface area (Å²) in [7, 11) is 0. The summed E-state index contributed by atoms with van der Waals surface area (Å²) in [6.45, 7) is 2.82. The Bertz CT molecular complexity index is 1100. The van der Waals surface area contributed by atoms with Crippen molar-refractivity contribution in [1.82, 2.24) is 9.97 Å². The van der Waals surface area contributed by atoms with Crippen molar-refractivity contribution in [3.8, 4) is 10.4 Å². The molecule has 3 N–H and O–H groups in total. The molecule has 7 heteroatoms. The molecule has 132 valence electrons. The number of fused-ring (bicyclic) bond motifs is 1. The van der Waals surface area contributed by atoms with E-state index in [4.69, 9.17) is 16.6 Å². The number of rotatable bonds is 5. The van der Waals surface area contributed by atoms with Crippen LogP contribution in [0.15, 0.2) is 52.0 Å². The van der Waals surface area contributed by atoms with Gasteiger partial charge in [0, 0.05) is 26.4 Å². The summed E-state index contributed by atoms with van der Waals surface area (Å²) >= 11 is 9.19. The minimum Gasteiger partial charge on any atom is -0.334 e. The second-order valence-corrected chi connectivity index (χ2v) is 8.36. The molecule has 0 saturated heterocycles. The first-order valence-corrected chi connectivity index (χ1v) is 10.4. The number of aromatic amines is 1. The van der Waals surface area contributed by atoms with E-state index in [1.54, 1.807) is 11.3 Å². The van der Waals surface area contributed by atoms with Gasteiger partial charge in [-0.1, -0.05) is 29.8 Å². The quantitative estimate of drug-likeness (QED) is 0.525. The van der Waals surface area contributed by atoms with Crippen LogP contribution >= 0.6 is 34.3 Å². The normalized spacial score (nSPS) is 12.5. The van der Waals surface area contributed by atoms with Gasteiger partial charge in [-0.05, 0) is 30.5 Å². The van der Waals surface area contributed by atoms with Crippen LogP contribution in [-0.2, 0) is 6.54 Å². The molecule has 26 heavy (non-hydrogen) atoms. The molecule has 0 amide bonds. The number of hydrogen-bond donors (Lipinski definition) is 2. The van der Waals surface area contributed by atoms with E-state index >= 15 is 0 Å². The number of halogens is 1. The summed E-state index contributed by atoms with van der Waals surface area (Å²) in [6, 6.07) is 11.9. The number of nitrogens with one attached hydrogen (secondary N) is 1. The van der Waals surface area contributed by atoms with Gasteiger partial charge in [0.1, 0.15) is 17.4 Å². The maximum Gasteiger partial charge on any atom is 0.260 e. The predicted molar refractivity (Wildman–Crippen MR) is 109 cm³/mol. The maximum absolute atomic E-state index is 12.7. The average Bonchev–Trinajstić information content (AvgIpc) is 3.29. The summed E-state index contributed by atoms with van der Waals surface area (Å²) in [5.41, 5.74) is 2.04. The number of thiophene rings is 2. The van der Waals surface area contributed by atoms with Crippen molar-refractivity contribution in [3.05, 3.63) is 73.9 Å². The molecular weight excluding hydrogens is 386 g/mol. The van der Waals surface area contributed by atoms with Crippen LogP contribution < -0.4 is 10.9 Å². The molecule has 0 spiro atoms. The molecule has 1 atom stereocenters. The minimum atomic E-state index is -0.0716. The summed E-state index contributed by atoms with van der Waals surface area (Å²) < 4.78 is 0. The fourth-order valence-corrected chi connectivity index (χ4v) is 4.87. The molecule has 3 aromatic heterocycles. The molecule has 3 heterocycles. The highest BCUT2D eigenvalue weighted by Gasteiger charge is 2.17. The van der Waals surface area contributed by atoms with E-state index in [1.807, 2.05) is 54.1 Å². The van der Waals surface area contributed by atoms with E-state index in [0.717, 1.165) is 32.4 Å². The number of H-pyrrole nitrogens is 1. The summed E-state index contributed by atoms with van der Waals surface area (Å²) in [5.74, 6) is 0.698. The highest BCUT2D eigenvalue weighted by Crippen LogP contribution is 2.33. The van der Waals surface area contributed by atoms with E-state index < -0.39 is 0 Å². The summed E-state index contributed by atoms with van der Waals surface area (Å²) in [6.07, 6.45) is 0. The molecule has 4 nitrogen and oxygen atoms in total. The van der Waals surface area contributed by atoms with Crippen molar-refractivity contribution in [3.63, 3.8) is 0 Å². The third kappa shape index (κ3) is 3.46. The molecule has 0 bridgehead atoms. The van der Waals surface area contributed by atoms with Crippen LogP contribution in [0.25, 0.3) is 20.7 Å². The van der Waals surface area contributed by atoms with E-state index in [2.05, 4.69) is 10.3 Å². The highest BCUT2D eigenvalue weighted by atomic mass is 35.5. The van der Waals surface area contributed by atoms with Gasteiger partial charge in [0.2, 0.25) is 0 Å². The molecule has 0 aliphatic rings. The first kappa shape index (κ1) is 17.4. The van der Waals surface area contributed by atoms with Crippen LogP contribution in [0.2, 0.25) is 5.02 Å². The Morgan fingerprint density at radius 2 is 2.15 bits per heavy atom. The van der Waals surface area contributed by atoms with Gasteiger partial charge >= 0.3 is 0 Å². The SMILES string of the molecule is C[C@@H]([NH2+]Cc1cccc(Cl)c1)c1nc2scc(-c3cccs3)c2c(=O)[nH]1. The average molecular weight is 403 g/mol. The van der Waals surface area contributed by atoms with Crippen LogP contribution in [0.3, 0.4) is 0 Å². The van der Waals surface area contributed by atoms with Gasteiger partial charge in [0.15, 0.2) is 5.82 Å². The topological polar surface area (TPSA) is 62.4 Å². The molecule has 0 saturated carbocycles. The predicted octanol–water partition coefficient (Wildman–Crippen LogP) is 4.19. The van der Waals surface area contributed by atoms with Crippen molar-refractivity contribution in [2.75, 3.05) is 0 Å². The molecule has 0 radical (unpaired) electrons. The Kier molecular flexibility index (Phi) is 4.91. The Morgan fingerprint density at radius 3 is 2.92 bits per heavy atom. The highest BCUT2D eigenvalue weighted by molar-refractivity contribution is 7.18. The van der Waals surface area contributed by atoms with Gasteiger partial charge in [-0.15, -0.1) is 22.7 Å². The number of nitrogens with zero attached hydrogens (tertiary/aromatic N) is 1. The third-order valence-electron chi connectivity index (χ3n) is 4.28. The van der Waals surface area contributed by atoms with Gasteiger partial charge in [0.25, 0.3) is 5.56 Å². The lowest BCUT2D eigenvalue weighted by Crippen LogP contribution is -2.83. The third-order valence-corrected chi connectivity index (χ3v) is 6.29. The number of benzene rings is 1. The maximum atomic E-state index is 12.7. The second kappa shape index (κ2) is 7.32. The van der Waals surface area contributed by atoms with Gasteiger partial charge in [0.05, 0.1) is 5.39 Å². The van der Waals surface area contributed by atoms with Gasteiger partial charge in [-0.25, -0.2) is 4.98 Å². The van der Waals surface area contributed by atoms with Crippen molar-refractivity contribution in [1.29, 1.82) is 0 Å². The van der Waals surface area contributed by atoms with E-state index in [9.17, 15) is 4.79 Å². The molecule has 0 fully saturated rings. The lowest BCUT2D eigenvalue weighted by atomic mass is 10.2. The molecule has 0 aliphatic carbocycles. The van der Waals surface area contributed by atoms with Crippen LogP contribution in [0.4, 0.5) is 0 Å². The van der Waals surface area contributed by atoms with Crippen LogP contribution in [-0.4, -0.2) is 9.97 Å². The van der Waals surface area contributed by atoms with Crippen molar-refractivity contribution < 1.29 is 5.32 Å². The number of hydrogen-bond acceptors (Lipinski definition) is 4. The van der Waals surface area contributed by atoms with Gasteiger partial charge < -0.3 is 10.3 Å². The van der Waals surface area contributed by atoms with Gasteiger partial charge in [-0.3, -0.25) is 4.79 Å².